The van der Waals surface area contributed by atoms with Crippen molar-refractivity contribution in [3.8, 4) is 0 Å². The highest BCUT2D eigenvalue weighted by molar-refractivity contribution is 7.92. The number of sulfonamides is 1. The molecule has 0 saturated carbocycles. The molecular weight excluding hydrogens is 470 g/mol. The molecule has 1 amide bonds. The number of anilines is 5. The lowest BCUT2D eigenvalue weighted by molar-refractivity contribution is 0.0365. The van der Waals surface area contributed by atoms with E-state index in [9.17, 15) is 13.2 Å². The van der Waals surface area contributed by atoms with Gasteiger partial charge >= 0.3 is 0 Å². The Balaban J connectivity index is 2.06. The third kappa shape index (κ3) is 6.64. The summed E-state index contributed by atoms with van der Waals surface area (Å²) in [4.78, 5) is 30.8. The Bertz CT molecular complexity index is 1330. The molecule has 0 unspecified atom stereocenters. The van der Waals surface area contributed by atoms with E-state index in [1.807, 2.05) is 19.9 Å². The molecule has 2 heterocycles. The third-order valence-electron chi connectivity index (χ3n) is 4.94. The van der Waals surface area contributed by atoms with Crippen LogP contribution in [0, 0.1) is 20.8 Å². The molecule has 0 aliphatic heterocycles. The van der Waals surface area contributed by atoms with Crippen molar-refractivity contribution >= 4 is 44.6 Å². The van der Waals surface area contributed by atoms with Crippen molar-refractivity contribution < 1.29 is 18.0 Å². The predicted molar refractivity (Wildman–Crippen MR) is 136 cm³/mol. The van der Waals surface area contributed by atoms with Crippen LogP contribution in [-0.2, 0) is 14.9 Å². The average Bonchev–Trinajstić information content (AvgIpc) is 2.77. The fraction of sp³-hybridized carbons (Fsp3) is 0.304. The number of hydroxylamine groups is 1. The van der Waals surface area contributed by atoms with Crippen LogP contribution >= 0.6 is 0 Å². The van der Waals surface area contributed by atoms with Gasteiger partial charge in [0.15, 0.2) is 0 Å². The summed E-state index contributed by atoms with van der Waals surface area (Å²) in [5.41, 5.74) is 5.53. The summed E-state index contributed by atoms with van der Waals surface area (Å²) in [5.74, 6) is 1.06. The van der Waals surface area contributed by atoms with Gasteiger partial charge in [-0.05, 0) is 45.4 Å². The van der Waals surface area contributed by atoms with Crippen LogP contribution in [0.15, 0.2) is 36.5 Å². The highest BCUT2D eigenvalue weighted by Gasteiger charge is 2.19. The first kappa shape index (κ1) is 25.8. The maximum Gasteiger partial charge on any atom is 0.278 e. The van der Waals surface area contributed by atoms with Crippen LogP contribution < -0.4 is 20.4 Å². The number of nitrogens with zero attached hydrogens (tertiary/aromatic N) is 4. The Labute approximate surface area is 205 Å². The molecule has 1 aromatic carbocycles. The molecule has 3 rings (SSSR count). The third-order valence-corrected chi connectivity index (χ3v) is 6.13. The largest absolute Gasteiger partial charge is 0.353 e. The summed E-state index contributed by atoms with van der Waals surface area (Å²) in [6.45, 7) is 7.55. The first-order valence-corrected chi connectivity index (χ1v) is 12.7. The van der Waals surface area contributed by atoms with Crippen LogP contribution in [0.2, 0.25) is 0 Å². The van der Waals surface area contributed by atoms with E-state index in [0.29, 0.717) is 34.5 Å². The molecular formula is C23H29N7O4S. The molecule has 0 aliphatic carbocycles. The minimum atomic E-state index is -3.53. The Hall–Kier alpha value is -3.77. The van der Waals surface area contributed by atoms with Gasteiger partial charge in [-0.15, -0.1) is 0 Å². The van der Waals surface area contributed by atoms with Gasteiger partial charge in [0.05, 0.1) is 35.5 Å². The zero-order valence-electron chi connectivity index (χ0n) is 20.5. The molecule has 0 bridgehead atoms. The molecule has 3 aromatic rings. The zero-order valence-corrected chi connectivity index (χ0v) is 21.3. The molecule has 11 nitrogen and oxygen atoms in total. The predicted octanol–water partition coefficient (Wildman–Crippen LogP) is 3.36. The number of carbonyl (C=O) groups excluding carboxylic acids is 1. The van der Waals surface area contributed by atoms with E-state index in [4.69, 9.17) is 4.84 Å². The second-order valence-electron chi connectivity index (χ2n) is 7.92. The van der Waals surface area contributed by atoms with Crippen molar-refractivity contribution in [3.63, 3.8) is 0 Å². The molecule has 0 atom stereocenters. The molecule has 0 fully saturated rings. The highest BCUT2D eigenvalue weighted by atomic mass is 32.2. The summed E-state index contributed by atoms with van der Waals surface area (Å²) in [6.07, 6.45) is 2.52. The van der Waals surface area contributed by atoms with Crippen LogP contribution in [0.4, 0.5) is 28.7 Å². The number of aromatic nitrogens is 3. The van der Waals surface area contributed by atoms with Gasteiger partial charge in [-0.3, -0.25) is 13.9 Å². The van der Waals surface area contributed by atoms with Crippen molar-refractivity contribution in [1.82, 2.24) is 20.4 Å². The second kappa shape index (κ2) is 10.7. The molecule has 0 radical (unpaired) electrons. The topological polar surface area (TPSA) is 138 Å². The fourth-order valence-electron chi connectivity index (χ4n) is 3.24. The maximum atomic E-state index is 12.7. The SMILES string of the molecule is CCONC(=O)c1cnc(Nc2cc(C)nc(C)n2)cc1Nc1ccc(C)cc1N(C)S(C)(=O)=O. The Morgan fingerprint density at radius 3 is 2.43 bits per heavy atom. The van der Waals surface area contributed by atoms with Gasteiger partial charge in [-0.25, -0.2) is 28.8 Å². The van der Waals surface area contributed by atoms with Crippen molar-refractivity contribution in [2.45, 2.75) is 27.7 Å². The minimum absolute atomic E-state index is 0.201. The Morgan fingerprint density at radius 1 is 1.03 bits per heavy atom. The van der Waals surface area contributed by atoms with E-state index < -0.39 is 15.9 Å². The van der Waals surface area contributed by atoms with Crippen LogP contribution in [0.3, 0.4) is 0 Å². The van der Waals surface area contributed by atoms with E-state index >= 15 is 0 Å². The fourth-order valence-corrected chi connectivity index (χ4v) is 3.75. The molecule has 35 heavy (non-hydrogen) atoms. The lowest BCUT2D eigenvalue weighted by atomic mass is 10.1. The van der Waals surface area contributed by atoms with E-state index in [1.165, 1.54) is 17.5 Å². The first-order chi connectivity index (χ1) is 16.5. The number of rotatable bonds is 9. The second-order valence-corrected chi connectivity index (χ2v) is 9.94. The van der Waals surface area contributed by atoms with Gasteiger partial charge in [0, 0.05) is 31.1 Å². The summed E-state index contributed by atoms with van der Waals surface area (Å²) in [5, 5.41) is 6.31. The summed E-state index contributed by atoms with van der Waals surface area (Å²) < 4.78 is 25.7. The van der Waals surface area contributed by atoms with Crippen LogP contribution in [-0.4, -0.2) is 49.2 Å². The van der Waals surface area contributed by atoms with E-state index in [2.05, 4.69) is 31.1 Å². The van der Waals surface area contributed by atoms with Crippen LogP contribution in [0.25, 0.3) is 0 Å². The molecule has 12 heteroatoms. The summed E-state index contributed by atoms with van der Waals surface area (Å²) >= 11 is 0. The molecule has 186 valence electrons. The number of aryl methyl sites for hydroxylation is 3. The summed E-state index contributed by atoms with van der Waals surface area (Å²) in [7, 11) is -2.06. The monoisotopic (exact) mass is 499 g/mol. The van der Waals surface area contributed by atoms with Gasteiger partial charge in [-0.1, -0.05) is 6.07 Å². The quantitative estimate of drug-likeness (QED) is 0.378. The van der Waals surface area contributed by atoms with E-state index in [1.54, 1.807) is 38.1 Å². The highest BCUT2D eigenvalue weighted by Crippen LogP contribution is 2.33. The molecule has 0 spiro atoms. The number of amides is 1. The van der Waals surface area contributed by atoms with Gasteiger partial charge in [-0.2, -0.15) is 0 Å². The smallest absolute Gasteiger partial charge is 0.278 e. The summed E-state index contributed by atoms with van der Waals surface area (Å²) in [6, 6.07) is 8.75. The van der Waals surface area contributed by atoms with E-state index in [-0.39, 0.29) is 12.2 Å². The Morgan fingerprint density at radius 2 is 1.77 bits per heavy atom. The molecule has 0 saturated heterocycles. The number of hydrogen-bond acceptors (Lipinski definition) is 9. The van der Waals surface area contributed by atoms with Crippen molar-refractivity contribution in [1.29, 1.82) is 0 Å². The van der Waals surface area contributed by atoms with E-state index in [0.717, 1.165) is 17.5 Å². The minimum Gasteiger partial charge on any atom is -0.353 e. The van der Waals surface area contributed by atoms with Gasteiger partial charge in [0.2, 0.25) is 10.0 Å². The van der Waals surface area contributed by atoms with Crippen molar-refractivity contribution in [2.75, 3.05) is 34.8 Å². The van der Waals surface area contributed by atoms with Gasteiger partial charge in [0.1, 0.15) is 17.5 Å². The van der Waals surface area contributed by atoms with Crippen LogP contribution in [0.5, 0.6) is 0 Å². The lowest BCUT2D eigenvalue weighted by Crippen LogP contribution is -2.26. The number of nitrogens with one attached hydrogen (secondary N) is 3. The lowest BCUT2D eigenvalue weighted by Gasteiger charge is -2.22. The van der Waals surface area contributed by atoms with Crippen molar-refractivity contribution in [2.24, 2.45) is 0 Å². The normalized spacial score (nSPS) is 11.1. The number of pyridine rings is 1. The Kier molecular flexibility index (Phi) is 7.87. The zero-order chi connectivity index (χ0) is 25.8. The van der Waals surface area contributed by atoms with Crippen LogP contribution in [0.1, 0.15) is 34.4 Å². The molecule has 0 aliphatic rings. The standard InChI is InChI=1S/C23H29N7O4S/c1-7-34-29-23(31)17-13-24-21(28-22-11-15(3)25-16(4)26-22)12-19(17)27-18-9-8-14(2)10-20(18)30(5)35(6,32)33/h8-13H,7H2,1-6H3,(H,29,31)(H2,24,25,26,27,28). The van der Waals surface area contributed by atoms with Gasteiger partial charge in [0.25, 0.3) is 5.91 Å². The number of carbonyl (C=O) groups is 1. The van der Waals surface area contributed by atoms with Crippen molar-refractivity contribution in [3.05, 3.63) is 59.2 Å². The number of hydrogen-bond donors (Lipinski definition) is 3. The van der Waals surface area contributed by atoms with Gasteiger partial charge < -0.3 is 10.6 Å². The molecule has 2 aromatic heterocycles. The number of benzene rings is 1. The average molecular weight is 500 g/mol. The first-order valence-electron chi connectivity index (χ1n) is 10.8. The maximum absolute atomic E-state index is 12.7. The molecule has 3 N–H and O–H groups in total.